The number of ether oxygens (including phenoxy) is 1. The molecule has 0 spiro atoms. The number of hydrogen-bond acceptors (Lipinski definition) is 4. The van der Waals surface area contributed by atoms with Crippen molar-refractivity contribution in [1.29, 1.82) is 0 Å². The Hall–Kier alpha value is -1.56. The SMILES string of the molecule is COC(=O)N[C@@H](C(=O)O)c1ccsc1. The van der Waals surface area contributed by atoms with Crippen LogP contribution in [0.1, 0.15) is 11.6 Å². The first-order chi connectivity index (χ1) is 6.65. The summed E-state index contributed by atoms with van der Waals surface area (Å²) in [4.78, 5) is 21.6. The Balaban J connectivity index is 2.76. The van der Waals surface area contributed by atoms with E-state index in [2.05, 4.69) is 10.1 Å². The summed E-state index contributed by atoms with van der Waals surface area (Å²) in [7, 11) is 1.18. The molecule has 1 atom stereocenters. The summed E-state index contributed by atoms with van der Waals surface area (Å²) in [6.45, 7) is 0. The van der Waals surface area contributed by atoms with Gasteiger partial charge in [0.25, 0.3) is 0 Å². The summed E-state index contributed by atoms with van der Waals surface area (Å²) in [5.74, 6) is -1.12. The van der Waals surface area contributed by atoms with Crippen LogP contribution < -0.4 is 5.32 Å². The summed E-state index contributed by atoms with van der Waals surface area (Å²) >= 11 is 1.36. The topological polar surface area (TPSA) is 75.6 Å². The minimum atomic E-state index is -1.12. The van der Waals surface area contributed by atoms with Crippen LogP contribution in [0.5, 0.6) is 0 Å². The number of nitrogens with one attached hydrogen (secondary N) is 1. The zero-order valence-electron chi connectivity index (χ0n) is 7.39. The molecule has 0 bridgehead atoms. The summed E-state index contributed by atoms with van der Waals surface area (Å²) < 4.78 is 4.32. The first-order valence-corrected chi connectivity index (χ1v) is 4.69. The molecule has 0 saturated carbocycles. The third-order valence-electron chi connectivity index (χ3n) is 1.57. The zero-order valence-corrected chi connectivity index (χ0v) is 8.21. The van der Waals surface area contributed by atoms with E-state index in [4.69, 9.17) is 5.11 Å². The van der Waals surface area contributed by atoms with Crippen molar-refractivity contribution in [2.75, 3.05) is 7.11 Å². The van der Waals surface area contributed by atoms with Gasteiger partial charge in [-0.25, -0.2) is 9.59 Å². The highest BCUT2D eigenvalue weighted by Crippen LogP contribution is 2.16. The standard InChI is InChI=1S/C8H9NO4S/c1-13-8(12)9-6(7(10)11)5-2-3-14-4-5/h2-4,6H,1H3,(H,9,12)(H,10,11)/t6-/m1/s1. The van der Waals surface area contributed by atoms with E-state index in [1.165, 1.54) is 18.4 Å². The fraction of sp³-hybridized carbons (Fsp3) is 0.250. The van der Waals surface area contributed by atoms with Gasteiger partial charge in [0.1, 0.15) is 0 Å². The van der Waals surface area contributed by atoms with Crippen molar-refractivity contribution in [3.05, 3.63) is 22.4 Å². The zero-order chi connectivity index (χ0) is 10.6. The van der Waals surface area contributed by atoms with E-state index in [0.717, 1.165) is 0 Å². The van der Waals surface area contributed by atoms with E-state index in [0.29, 0.717) is 5.56 Å². The van der Waals surface area contributed by atoms with E-state index in [-0.39, 0.29) is 0 Å². The molecule has 1 aromatic heterocycles. The number of carboxylic acid groups (broad SMARTS) is 1. The van der Waals surface area contributed by atoms with Crippen LogP contribution in [0, 0.1) is 0 Å². The van der Waals surface area contributed by atoms with Crippen molar-refractivity contribution in [1.82, 2.24) is 5.32 Å². The summed E-state index contributed by atoms with van der Waals surface area (Å²) in [6.07, 6.45) is -0.761. The Bertz CT molecular complexity index is 322. The number of alkyl carbamates (subject to hydrolysis) is 1. The van der Waals surface area contributed by atoms with Crippen LogP contribution in [0.3, 0.4) is 0 Å². The molecular formula is C8H9NO4S. The minimum Gasteiger partial charge on any atom is -0.479 e. The second-order valence-electron chi connectivity index (χ2n) is 2.46. The number of rotatable bonds is 3. The summed E-state index contributed by atoms with van der Waals surface area (Å²) in [5, 5.41) is 14.4. The molecule has 0 aromatic carbocycles. The molecule has 1 heterocycles. The maximum Gasteiger partial charge on any atom is 0.407 e. The van der Waals surface area contributed by atoms with Gasteiger partial charge < -0.3 is 15.2 Å². The fourth-order valence-electron chi connectivity index (χ4n) is 0.904. The molecule has 0 aliphatic heterocycles. The first-order valence-electron chi connectivity index (χ1n) is 3.74. The maximum atomic E-state index is 10.8. The molecule has 0 radical (unpaired) electrons. The molecule has 0 unspecified atom stereocenters. The van der Waals surface area contributed by atoms with Gasteiger partial charge in [-0.15, -0.1) is 0 Å². The average Bonchev–Trinajstić information content (AvgIpc) is 2.65. The second-order valence-corrected chi connectivity index (χ2v) is 3.24. The van der Waals surface area contributed by atoms with Crippen LogP contribution in [-0.4, -0.2) is 24.3 Å². The fourth-order valence-corrected chi connectivity index (χ4v) is 1.59. The lowest BCUT2D eigenvalue weighted by atomic mass is 10.1. The highest BCUT2D eigenvalue weighted by molar-refractivity contribution is 7.08. The Morgan fingerprint density at radius 3 is 2.79 bits per heavy atom. The summed E-state index contributed by atoms with van der Waals surface area (Å²) in [6, 6.07) is 0.591. The Kier molecular flexibility index (Phi) is 3.47. The lowest BCUT2D eigenvalue weighted by Crippen LogP contribution is -2.33. The van der Waals surface area contributed by atoms with Gasteiger partial charge >= 0.3 is 12.1 Å². The van der Waals surface area contributed by atoms with Crippen LogP contribution in [0.15, 0.2) is 16.8 Å². The number of thiophene rings is 1. The third-order valence-corrected chi connectivity index (χ3v) is 2.27. The molecule has 14 heavy (non-hydrogen) atoms. The van der Waals surface area contributed by atoms with Gasteiger partial charge in [0.2, 0.25) is 0 Å². The molecule has 0 fully saturated rings. The maximum absolute atomic E-state index is 10.8. The van der Waals surface area contributed by atoms with Crippen LogP contribution in [-0.2, 0) is 9.53 Å². The molecule has 76 valence electrons. The van der Waals surface area contributed by atoms with E-state index in [1.54, 1.807) is 16.8 Å². The van der Waals surface area contributed by atoms with Crippen LogP contribution >= 0.6 is 11.3 Å². The van der Waals surface area contributed by atoms with Crippen molar-refractivity contribution < 1.29 is 19.4 Å². The van der Waals surface area contributed by atoms with Crippen LogP contribution in [0.4, 0.5) is 4.79 Å². The van der Waals surface area contributed by atoms with Crippen molar-refractivity contribution in [2.24, 2.45) is 0 Å². The van der Waals surface area contributed by atoms with Gasteiger partial charge in [-0.2, -0.15) is 11.3 Å². The second kappa shape index (κ2) is 4.61. The van der Waals surface area contributed by atoms with Gasteiger partial charge in [0.05, 0.1) is 7.11 Å². The number of carboxylic acids is 1. The van der Waals surface area contributed by atoms with E-state index in [1.807, 2.05) is 0 Å². The lowest BCUT2D eigenvalue weighted by Gasteiger charge is -2.11. The Morgan fingerprint density at radius 1 is 1.64 bits per heavy atom. The predicted octanol–water partition coefficient (Wildman–Crippen LogP) is 1.23. The highest BCUT2D eigenvalue weighted by Gasteiger charge is 2.22. The molecule has 6 heteroatoms. The highest BCUT2D eigenvalue weighted by atomic mass is 32.1. The van der Waals surface area contributed by atoms with Gasteiger partial charge in [-0.05, 0) is 22.4 Å². The molecule has 0 aliphatic carbocycles. The molecular weight excluding hydrogens is 206 g/mol. The minimum absolute atomic E-state index is 0.535. The third kappa shape index (κ3) is 2.46. The van der Waals surface area contributed by atoms with Crippen LogP contribution in [0.2, 0.25) is 0 Å². The van der Waals surface area contributed by atoms with Gasteiger partial charge in [-0.3, -0.25) is 0 Å². The normalized spacial score (nSPS) is 11.8. The number of amides is 1. The van der Waals surface area contributed by atoms with Crippen molar-refractivity contribution in [3.8, 4) is 0 Å². The van der Waals surface area contributed by atoms with Gasteiger partial charge in [0.15, 0.2) is 6.04 Å². The van der Waals surface area contributed by atoms with Crippen molar-refractivity contribution >= 4 is 23.4 Å². The van der Waals surface area contributed by atoms with E-state index >= 15 is 0 Å². The van der Waals surface area contributed by atoms with Crippen LogP contribution in [0.25, 0.3) is 0 Å². The lowest BCUT2D eigenvalue weighted by molar-refractivity contribution is -0.139. The number of carbonyl (C=O) groups excluding carboxylic acids is 1. The smallest absolute Gasteiger partial charge is 0.407 e. The number of carbonyl (C=O) groups is 2. The van der Waals surface area contributed by atoms with E-state index < -0.39 is 18.1 Å². The molecule has 0 saturated heterocycles. The Morgan fingerprint density at radius 2 is 2.36 bits per heavy atom. The molecule has 1 amide bonds. The monoisotopic (exact) mass is 215 g/mol. The number of methoxy groups -OCH3 is 1. The first kappa shape index (κ1) is 10.5. The van der Waals surface area contributed by atoms with E-state index in [9.17, 15) is 9.59 Å². The summed E-state index contributed by atoms with van der Waals surface area (Å²) in [5.41, 5.74) is 0.535. The molecule has 2 N–H and O–H groups in total. The largest absolute Gasteiger partial charge is 0.479 e. The van der Waals surface area contributed by atoms with Gasteiger partial charge in [0, 0.05) is 0 Å². The van der Waals surface area contributed by atoms with Crippen molar-refractivity contribution in [3.63, 3.8) is 0 Å². The predicted molar refractivity (Wildman–Crippen MR) is 50.2 cm³/mol. The quantitative estimate of drug-likeness (QED) is 0.795. The molecule has 0 aliphatic rings. The Labute approximate surface area is 84.3 Å². The van der Waals surface area contributed by atoms with Crippen molar-refractivity contribution in [2.45, 2.75) is 6.04 Å². The average molecular weight is 215 g/mol. The molecule has 5 nitrogen and oxygen atoms in total. The number of hydrogen-bond donors (Lipinski definition) is 2. The molecule has 1 aromatic rings. The van der Waals surface area contributed by atoms with Gasteiger partial charge in [-0.1, -0.05) is 0 Å². The number of aliphatic carboxylic acids is 1. The molecule has 1 rings (SSSR count).